The molecule has 0 saturated carbocycles. The molecule has 0 amide bonds. The lowest BCUT2D eigenvalue weighted by Gasteiger charge is -2.05. The molecule has 2 aromatic carbocycles. The first-order valence-corrected chi connectivity index (χ1v) is 9.35. The lowest BCUT2D eigenvalue weighted by atomic mass is 10.1. The van der Waals surface area contributed by atoms with Crippen molar-refractivity contribution in [3.63, 3.8) is 0 Å². The molecule has 7 heteroatoms. The van der Waals surface area contributed by atoms with Crippen LogP contribution in [0.2, 0.25) is 30.1 Å². The van der Waals surface area contributed by atoms with Gasteiger partial charge < -0.3 is 0 Å². The first-order valence-electron chi connectivity index (χ1n) is 6.26. The zero-order valence-corrected chi connectivity index (χ0v) is 16.5. The molecule has 0 radical (unpaired) electrons. The van der Waals surface area contributed by atoms with E-state index in [0.717, 1.165) is 20.9 Å². The summed E-state index contributed by atoms with van der Waals surface area (Å²) in [7, 11) is 0. The van der Waals surface area contributed by atoms with Crippen LogP contribution in [-0.4, -0.2) is 0 Å². The van der Waals surface area contributed by atoms with Crippen molar-refractivity contribution in [2.24, 2.45) is 0 Å². The minimum absolute atomic E-state index is 0.421. The number of rotatable bonds is 2. The van der Waals surface area contributed by atoms with E-state index in [9.17, 15) is 0 Å². The third-order valence-corrected chi connectivity index (χ3v) is 6.38. The number of halogens is 6. The minimum Gasteiger partial charge on any atom is -0.135 e. The second-order valence-corrected chi connectivity index (χ2v) is 8.18. The van der Waals surface area contributed by atoms with Gasteiger partial charge in [-0.1, -0.05) is 69.6 Å². The van der Waals surface area contributed by atoms with Crippen LogP contribution >= 0.6 is 80.9 Å². The van der Waals surface area contributed by atoms with Gasteiger partial charge in [-0.25, -0.2) is 0 Å². The molecule has 0 aliphatic rings. The monoisotopic (exact) mass is 440 g/mol. The highest BCUT2D eigenvalue weighted by atomic mass is 35.5. The molecule has 0 bridgehead atoms. The topological polar surface area (TPSA) is 0 Å². The van der Waals surface area contributed by atoms with Gasteiger partial charge in [-0.2, -0.15) is 0 Å². The molecule has 0 unspecified atom stereocenters. The molecule has 0 atom stereocenters. The van der Waals surface area contributed by atoms with Crippen molar-refractivity contribution in [1.82, 2.24) is 0 Å². The third kappa shape index (κ3) is 3.62. The van der Waals surface area contributed by atoms with Crippen LogP contribution in [0.5, 0.6) is 0 Å². The van der Waals surface area contributed by atoms with E-state index >= 15 is 0 Å². The van der Waals surface area contributed by atoms with E-state index in [4.69, 9.17) is 69.6 Å². The summed E-state index contributed by atoms with van der Waals surface area (Å²) < 4.78 is 0. The Hall–Kier alpha value is -0.120. The summed E-state index contributed by atoms with van der Waals surface area (Å²) in [4.78, 5) is 1.90. The molecular weight excluding hydrogens is 437 g/mol. The molecular formula is C16H6Cl6S. The largest absolute Gasteiger partial charge is 0.135 e. The van der Waals surface area contributed by atoms with Crippen LogP contribution in [0.1, 0.15) is 0 Å². The third-order valence-electron chi connectivity index (χ3n) is 3.16. The van der Waals surface area contributed by atoms with E-state index in [1.54, 1.807) is 24.3 Å². The smallest absolute Gasteiger partial charge is 0.0607 e. The van der Waals surface area contributed by atoms with Gasteiger partial charge in [0, 0.05) is 20.9 Å². The molecule has 118 valence electrons. The van der Waals surface area contributed by atoms with Gasteiger partial charge in [0.1, 0.15) is 0 Å². The van der Waals surface area contributed by atoms with Crippen molar-refractivity contribution >= 4 is 80.9 Å². The number of hydrogen-bond donors (Lipinski definition) is 0. The Balaban J connectivity index is 2.08. The number of benzene rings is 2. The fraction of sp³-hybridized carbons (Fsp3) is 0. The average Bonchev–Trinajstić information content (AvgIpc) is 2.96. The lowest BCUT2D eigenvalue weighted by molar-refractivity contribution is 1.68. The van der Waals surface area contributed by atoms with Crippen LogP contribution in [0.3, 0.4) is 0 Å². The summed E-state index contributed by atoms with van der Waals surface area (Å²) in [6, 6.07) is 10.7. The van der Waals surface area contributed by atoms with E-state index in [1.807, 2.05) is 12.1 Å². The van der Waals surface area contributed by atoms with E-state index in [2.05, 4.69) is 0 Å². The lowest BCUT2D eigenvalue weighted by Crippen LogP contribution is -1.78. The predicted molar refractivity (Wildman–Crippen MR) is 105 cm³/mol. The van der Waals surface area contributed by atoms with Crippen molar-refractivity contribution < 1.29 is 0 Å². The van der Waals surface area contributed by atoms with Gasteiger partial charge in [0.25, 0.3) is 0 Å². The zero-order chi connectivity index (χ0) is 16.7. The Kier molecular flexibility index (Phi) is 5.40. The zero-order valence-electron chi connectivity index (χ0n) is 11.1. The quantitative estimate of drug-likeness (QED) is 0.347. The molecule has 3 rings (SSSR count). The number of hydrogen-bond acceptors (Lipinski definition) is 1. The summed E-state index contributed by atoms with van der Waals surface area (Å²) in [6.07, 6.45) is 0. The predicted octanol–water partition coefficient (Wildman–Crippen LogP) is 9.00. The van der Waals surface area contributed by atoms with E-state index in [0.29, 0.717) is 30.1 Å². The van der Waals surface area contributed by atoms with Gasteiger partial charge in [-0.3, -0.25) is 0 Å². The second-order valence-electron chi connectivity index (χ2n) is 4.66. The summed E-state index contributed by atoms with van der Waals surface area (Å²) in [5.41, 5.74) is 1.63. The maximum atomic E-state index is 6.27. The molecule has 1 heterocycles. The first-order chi connectivity index (χ1) is 10.9. The molecule has 3 aromatic rings. The van der Waals surface area contributed by atoms with Gasteiger partial charge in [0.2, 0.25) is 0 Å². The Labute approximate surface area is 167 Å². The SMILES string of the molecule is Clc1cc(Cl)c(-c2ccc(-c3cc(Cl)c(Cl)cc3Cl)s2)cc1Cl. The number of thiophene rings is 1. The maximum Gasteiger partial charge on any atom is 0.0607 e. The Morgan fingerprint density at radius 3 is 1.22 bits per heavy atom. The van der Waals surface area contributed by atoms with Crippen molar-refractivity contribution in [3.8, 4) is 20.9 Å². The van der Waals surface area contributed by atoms with Crippen molar-refractivity contribution in [3.05, 3.63) is 66.5 Å². The first kappa shape index (κ1) is 17.7. The van der Waals surface area contributed by atoms with Crippen LogP contribution in [0, 0.1) is 0 Å². The Bertz CT molecular complexity index is 828. The van der Waals surface area contributed by atoms with Gasteiger partial charge in [0.15, 0.2) is 0 Å². The van der Waals surface area contributed by atoms with Crippen LogP contribution in [0.25, 0.3) is 20.9 Å². The molecule has 0 spiro atoms. The molecule has 0 nitrogen and oxygen atoms in total. The standard InChI is InChI=1S/C16H6Cl6S/c17-9-5-13(21)11(19)3-7(9)15-1-2-16(23-15)8-4-12(20)14(22)6-10(8)18/h1-6H. The molecule has 23 heavy (non-hydrogen) atoms. The normalized spacial score (nSPS) is 11.0. The fourth-order valence-electron chi connectivity index (χ4n) is 2.05. The summed E-state index contributed by atoms with van der Waals surface area (Å²) in [5.74, 6) is 0. The van der Waals surface area contributed by atoms with Gasteiger partial charge in [0.05, 0.1) is 30.1 Å². The molecule has 0 N–H and O–H groups in total. The van der Waals surface area contributed by atoms with Gasteiger partial charge in [-0.15, -0.1) is 11.3 Å². The van der Waals surface area contributed by atoms with E-state index in [1.165, 1.54) is 11.3 Å². The van der Waals surface area contributed by atoms with Crippen molar-refractivity contribution in [2.75, 3.05) is 0 Å². The molecule has 0 aliphatic heterocycles. The summed E-state index contributed by atoms with van der Waals surface area (Å²) >= 11 is 38.2. The highest BCUT2D eigenvalue weighted by molar-refractivity contribution is 7.19. The highest BCUT2D eigenvalue weighted by Crippen LogP contribution is 2.43. The van der Waals surface area contributed by atoms with Crippen LogP contribution in [-0.2, 0) is 0 Å². The van der Waals surface area contributed by atoms with E-state index in [-0.39, 0.29) is 0 Å². The van der Waals surface area contributed by atoms with Crippen LogP contribution < -0.4 is 0 Å². The van der Waals surface area contributed by atoms with Crippen molar-refractivity contribution in [1.29, 1.82) is 0 Å². The second kappa shape index (κ2) is 7.01. The maximum absolute atomic E-state index is 6.27. The van der Waals surface area contributed by atoms with E-state index < -0.39 is 0 Å². The van der Waals surface area contributed by atoms with Gasteiger partial charge >= 0.3 is 0 Å². The summed E-state index contributed by atoms with van der Waals surface area (Å²) in [5, 5.41) is 2.82. The fourth-order valence-corrected chi connectivity index (χ4v) is 4.53. The molecule has 0 aliphatic carbocycles. The minimum atomic E-state index is 0.421. The summed E-state index contributed by atoms with van der Waals surface area (Å²) in [6.45, 7) is 0. The molecule has 1 aromatic heterocycles. The molecule has 0 saturated heterocycles. The highest BCUT2D eigenvalue weighted by Gasteiger charge is 2.14. The average molecular weight is 443 g/mol. The molecule has 0 fully saturated rings. The van der Waals surface area contributed by atoms with Crippen LogP contribution in [0.4, 0.5) is 0 Å². The Morgan fingerprint density at radius 2 is 0.826 bits per heavy atom. The van der Waals surface area contributed by atoms with Gasteiger partial charge in [-0.05, 0) is 36.4 Å². The Morgan fingerprint density at radius 1 is 0.478 bits per heavy atom. The van der Waals surface area contributed by atoms with Crippen molar-refractivity contribution in [2.45, 2.75) is 0 Å². The van der Waals surface area contributed by atoms with Crippen LogP contribution in [0.15, 0.2) is 36.4 Å².